The van der Waals surface area contributed by atoms with Gasteiger partial charge in [-0.05, 0) is 56.0 Å². The maximum atomic E-state index is 13.4. The first kappa shape index (κ1) is 30.4. The Morgan fingerprint density at radius 2 is 1.84 bits per heavy atom. The van der Waals surface area contributed by atoms with Crippen molar-refractivity contribution in [1.82, 2.24) is 10.2 Å². The lowest BCUT2D eigenvalue weighted by Crippen LogP contribution is -2.48. The number of unbranched alkanes of at least 4 members (excludes halogenated alkanes) is 1. The number of nitrogens with zero attached hydrogens (tertiary/aromatic N) is 2. The van der Waals surface area contributed by atoms with Crippen LogP contribution in [0.3, 0.4) is 0 Å². The predicted octanol–water partition coefficient (Wildman–Crippen LogP) is 4.54. The Balaban J connectivity index is 2.18. The quantitative estimate of drug-likeness (QED) is 0.348. The maximum absolute atomic E-state index is 13.4. The van der Waals surface area contributed by atoms with Gasteiger partial charge in [-0.1, -0.05) is 49.2 Å². The predicted molar refractivity (Wildman–Crippen MR) is 149 cm³/mol. The van der Waals surface area contributed by atoms with Crippen molar-refractivity contribution in [3.05, 3.63) is 58.6 Å². The molecule has 1 atom stereocenters. The van der Waals surface area contributed by atoms with E-state index in [9.17, 15) is 18.0 Å². The summed E-state index contributed by atoms with van der Waals surface area (Å²) < 4.78 is 31.4. The third-order valence-electron chi connectivity index (χ3n) is 6.17. The Labute approximate surface area is 226 Å². The van der Waals surface area contributed by atoms with Gasteiger partial charge in [0.2, 0.25) is 21.8 Å². The van der Waals surface area contributed by atoms with Crippen molar-refractivity contribution in [2.75, 3.05) is 30.8 Å². The molecule has 0 saturated heterocycles. The highest BCUT2D eigenvalue weighted by Gasteiger charge is 2.27. The molecule has 10 heteroatoms. The first-order chi connectivity index (χ1) is 17.5. The van der Waals surface area contributed by atoms with E-state index in [0.29, 0.717) is 18.0 Å². The van der Waals surface area contributed by atoms with Crippen LogP contribution in [0.15, 0.2) is 42.5 Å². The van der Waals surface area contributed by atoms with Crippen LogP contribution in [0.2, 0.25) is 5.02 Å². The molecular weight excluding hydrogens is 514 g/mol. The first-order valence-corrected chi connectivity index (χ1v) is 14.6. The number of nitrogens with one attached hydrogen (secondary N) is 1. The number of anilines is 1. The summed E-state index contributed by atoms with van der Waals surface area (Å²) in [7, 11) is -2.14. The molecule has 1 N–H and O–H groups in total. The second-order valence-electron chi connectivity index (χ2n) is 9.03. The summed E-state index contributed by atoms with van der Waals surface area (Å²) in [5, 5.41) is 3.20. The molecule has 37 heavy (non-hydrogen) atoms. The van der Waals surface area contributed by atoms with Crippen molar-refractivity contribution in [2.45, 2.75) is 59.0 Å². The zero-order valence-corrected chi connectivity index (χ0v) is 23.9. The van der Waals surface area contributed by atoms with Crippen LogP contribution in [-0.2, 0) is 26.2 Å². The lowest BCUT2D eigenvalue weighted by molar-refractivity contribution is -0.140. The van der Waals surface area contributed by atoms with Crippen molar-refractivity contribution >= 4 is 39.1 Å². The largest absolute Gasteiger partial charge is 0.495 e. The number of ether oxygens (including phenoxy) is 1. The average Bonchev–Trinajstić information content (AvgIpc) is 2.85. The molecule has 0 aromatic heterocycles. The van der Waals surface area contributed by atoms with Gasteiger partial charge < -0.3 is 15.0 Å². The van der Waals surface area contributed by atoms with Crippen LogP contribution >= 0.6 is 11.6 Å². The van der Waals surface area contributed by atoms with Gasteiger partial charge >= 0.3 is 0 Å². The molecule has 0 spiro atoms. The van der Waals surface area contributed by atoms with Crippen LogP contribution in [-0.4, -0.2) is 57.6 Å². The number of aryl methyl sites for hydroxylation is 1. The Morgan fingerprint density at radius 3 is 2.43 bits per heavy atom. The van der Waals surface area contributed by atoms with Crippen LogP contribution in [0.4, 0.5) is 5.69 Å². The lowest BCUT2D eigenvalue weighted by atomic mass is 10.1. The van der Waals surface area contributed by atoms with Crippen LogP contribution in [0, 0.1) is 6.92 Å². The van der Waals surface area contributed by atoms with E-state index in [2.05, 4.69) is 5.32 Å². The van der Waals surface area contributed by atoms with Crippen LogP contribution in [0.5, 0.6) is 5.75 Å². The minimum Gasteiger partial charge on any atom is -0.495 e. The number of halogens is 1. The number of hydrogen-bond acceptors (Lipinski definition) is 5. The average molecular weight is 552 g/mol. The number of amides is 2. The van der Waals surface area contributed by atoms with Crippen molar-refractivity contribution in [2.24, 2.45) is 0 Å². The van der Waals surface area contributed by atoms with Crippen LogP contribution in [0.1, 0.15) is 50.7 Å². The fourth-order valence-electron chi connectivity index (χ4n) is 3.90. The molecule has 8 nitrogen and oxygen atoms in total. The van der Waals surface area contributed by atoms with Gasteiger partial charge in [0.25, 0.3) is 0 Å². The van der Waals surface area contributed by atoms with Gasteiger partial charge in [-0.15, -0.1) is 0 Å². The van der Waals surface area contributed by atoms with Gasteiger partial charge in [-0.3, -0.25) is 13.9 Å². The van der Waals surface area contributed by atoms with E-state index < -0.39 is 16.1 Å². The van der Waals surface area contributed by atoms with Crippen molar-refractivity contribution < 1.29 is 22.7 Å². The fraction of sp³-hybridized carbons (Fsp3) is 0.481. The van der Waals surface area contributed by atoms with E-state index in [1.165, 1.54) is 17.5 Å². The van der Waals surface area contributed by atoms with E-state index in [1.54, 1.807) is 24.0 Å². The normalized spacial score (nSPS) is 12.1. The monoisotopic (exact) mass is 551 g/mol. The van der Waals surface area contributed by atoms with E-state index in [-0.39, 0.29) is 42.8 Å². The molecule has 0 bridgehead atoms. The van der Waals surface area contributed by atoms with E-state index in [4.69, 9.17) is 16.3 Å². The second kappa shape index (κ2) is 14.2. The van der Waals surface area contributed by atoms with E-state index in [0.717, 1.165) is 30.2 Å². The van der Waals surface area contributed by atoms with Gasteiger partial charge in [0, 0.05) is 26.1 Å². The minimum absolute atomic E-state index is 0.0777. The van der Waals surface area contributed by atoms with Crippen molar-refractivity contribution in [3.63, 3.8) is 0 Å². The molecule has 204 valence electrons. The molecule has 0 radical (unpaired) electrons. The number of hydrogen-bond donors (Lipinski definition) is 1. The summed E-state index contributed by atoms with van der Waals surface area (Å²) in [4.78, 5) is 27.8. The summed E-state index contributed by atoms with van der Waals surface area (Å²) >= 11 is 6.20. The second-order valence-corrected chi connectivity index (χ2v) is 11.3. The van der Waals surface area contributed by atoms with E-state index in [1.807, 2.05) is 38.1 Å². The van der Waals surface area contributed by atoms with E-state index >= 15 is 0 Å². The third-order valence-corrected chi connectivity index (χ3v) is 7.66. The standard InChI is InChI=1S/C27H38ClN3O5S/c1-6-7-16-29-27(33)21(3)30(19-22-12-9-8-11-20(22)2)26(32)13-10-17-31(37(5,34)35)23-14-15-25(36-4)24(28)18-23/h8-9,11-12,14-15,18,21H,6-7,10,13,16-17,19H2,1-5H3,(H,29,33)/t21-/m1/s1. The molecule has 0 unspecified atom stereocenters. The van der Waals surface area contributed by atoms with Crippen LogP contribution in [0.25, 0.3) is 0 Å². The number of carbonyl (C=O) groups excluding carboxylic acids is 2. The third kappa shape index (κ3) is 8.93. The fourth-order valence-corrected chi connectivity index (χ4v) is 5.11. The number of carbonyl (C=O) groups is 2. The van der Waals surface area contributed by atoms with Gasteiger partial charge in [0.1, 0.15) is 11.8 Å². The van der Waals surface area contributed by atoms with Crippen LogP contribution < -0.4 is 14.4 Å². The molecule has 0 heterocycles. The summed E-state index contributed by atoms with van der Waals surface area (Å²) in [5.41, 5.74) is 2.37. The molecule has 2 rings (SSSR count). The van der Waals surface area contributed by atoms with Gasteiger partial charge in [-0.2, -0.15) is 0 Å². The molecule has 2 aromatic rings. The maximum Gasteiger partial charge on any atom is 0.242 e. The number of methoxy groups -OCH3 is 1. The molecule has 2 amide bonds. The number of sulfonamides is 1. The molecule has 0 aliphatic heterocycles. The van der Waals surface area contributed by atoms with Crippen molar-refractivity contribution in [3.8, 4) is 5.75 Å². The number of rotatable bonds is 14. The highest BCUT2D eigenvalue weighted by Crippen LogP contribution is 2.30. The molecular formula is C27H38ClN3O5S. The molecule has 0 aliphatic carbocycles. The zero-order valence-electron chi connectivity index (χ0n) is 22.3. The van der Waals surface area contributed by atoms with Gasteiger partial charge in [-0.25, -0.2) is 8.42 Å². The topological polar surface area (TPSA) is 96.0 Å². The summed E-state index contributed by atoms with van der Waals surface area (Å²) in [6, 6.07) is 11.8. The van der Waals surface area contributed by atoms with Gasteiger partial charge in [0.15, 0.2) is 0 Å². The number of benzene rings is 2. The van der Waals surface area contributed by atoms with Gasteiger partial charge in [0.05, 0.1) is 24.1 Å². The molecule has 0 saturated carbocycles. The summed E-state index contributed by atoms with van der Waals surface area (Å²) in [6.07, 6.45) is 3.27. The smallest absolute Gasteiger partial charge is 0.242 e. The summed E-state index contributed by atoms with van der Waals surface area (Å²) in [5.74, 6) is 0.00993. The van der Waals surface area contributed by atoms with Crippen molar-refractivity contribution in [1.29, 1.82) is 0 Å². The zero-order chi connectivity index (χ0) is 27.6. The first-order valence-electron chi connectivity index (χ1n) is 12.4. The lowest BCUT2D eigenvalue weighted by Gasteiger charge is -2.30. The Bertz CT molecular complexity index is 1170. The Morgan fingerprint density at radius 1 is 1.14 bits per heavy atom. The minimum atomic E-state index is -3.62. The molecule has 0 fully saturated rings. The Kier molecular flexibility index (Phi) is 11.7. The highest BCUT2D eigenvalue weighted by molar-refractivity contribution is 7.92. The summed E-state index contributed by atoms with van der Waals surface area (Å²) in [6.45, 7) is 6.66. The Hall–Kier alpha value is -2.78. The highest BCUT2D eigenvalue weighted by atomic mass is 35.5. The molecule has 0 aliphatic rings. The molecule has 2 aromatic carbocycles. The SMILES string of the molecule is CCCCNC(=O)[C@@H](C)N(Cc1ccccc1C)C(=O)CCCN(c1ccc(OC)c(Cl)c1)S(C)(=O)=O.